The molecule has 1 heterocycles. The maximum absolute atomic E-state index is 4.71. The van der Waals surface area contributed by atoms with Crippen molar-refractivity contribution in [3.8, 4) is 0 Å². The van der Waals surface area contributed by atoms with Gasteiger partial charge in [0, 0.05) is 17.1 Å². The molecule has 0 saturated heterocycles. The fraction of sp³-hybridized carbons (Fsp3) is 0.786. The Morgan fingerprint density at radius 2 is 2.00 bits per heavy atom. The molecule has 1 aliphatic carbocycles. The van der Waals surface area contributed by atoms with Gasteiger partial charge in [-0.3, -0.25) is 0 Å². The molecule has 0 atom stereocenters. The average Bonchev–Trinajstić information content (AvgIpc) is 2.56. The molecule has 0 bridgehead atoms. The van der Waals surface area contributed by atoms with Crippen LogP contribution < -0.4 is 5.32 Å². The molecule has 1 aromatic heterocycles. The van der Waals surface area contributed by atoms with Gasteiger partial charge in [0.05, 0.1) is 5.54 Å². The van der Waals surface area contributed by atoms with Crippen LogP contribution in [-0.4, -0.2) is 11.0 Å². The molecule has 17 heavy (non-hydrogen) atoms. The van der Waals surface area contributed by atoms with Crippen molar-refractivity contribution in [1.82, 2.24) is 10.3 Å². The van der Waals surface area contributed by atoms with Gasteiger partial charge >= 0.3 is 0 Å². The van der Waals surface area contributed by atoms with E-state index in [1.807, 2.05) is 11.3 Å². The van der Waals surface area contributed by atoms with Crippen molar-refractivity contribution in [2.45, 2.75) is 59.0 Å². The van der Waals surface area contributed by atoms with Gasteiger partial charge in [0.15, 0.2) is 0 Å². The quantitative estimate of drug-likeness (QED) is 0.883. The van der Waals surface area contributed by atoms with Gasteiger partial charge in [-0.05, 0) is 45.4 Å². The molecule has 0 aliphatic heterocycles. The summed E-state index contributed by atoms with van der Waals surface area (Å²) in [6.07, 6.45) is 2.49. The first-order chi connectivity index (χ1) is 7.93. The minimum atomic E-state index is 0.169. The standard InChI is InChI=1S/C14H24N2S/c1-9(2)12-6-14(7-12,16-10(3)4)13-15-11(5)8-17-13/h8-10,12,16H,6-7H2,1-5H3. The number of thiazole rings is 1. The largest absolute Gasteiger partial charge is 0.303 e. The Bertz CT molecular complexity index is 375. The second kappa shape index (κ2) is 4.69. The molecule has 0 aromatic carbocycles. The van der Waals surface area contributed by atoms with E-state index >= 15 is 0 Å². The molecular formula is C14H24N2S. The van der Waals surface area contributed by atoms with Crippen molar-refractivity contribution in [3.05, 3.63) is 16.1 Å². The van der Waals surface area contributed by atoms with Gasteiger partial charge in [0.2, 0.25) is 0 Å². The van der Waals surface area contributed by atoms with Gasteiger partial charge in [-0.15, -0.1) is 11.3 Å². The monoisotopic (exact) mass is 252 g/mol. The Labute approximate surface area is 109 Å². The fourth-order valence-electron chi connectivity index (χ4n) is 2.79. The predicted molar refractivity (Wildman–Crippen MR) is 74.4 cm³/mol. The van der Waals surface area contributed by atoms with E-state index in [1.54, 1.807) is 0 Å². The molecule has 1 N–H and O–H groups in total. The van der Waals surface area contributed by atoms with E-state index in [1.165, 1.54) is 17.8 Å². The molecule has 1 fully saturated rings. The van der Waals surface area contributed by atoms with Gasteiger partial charge in [-0.25, -0.2) is 4.98 Å². The number of aromatic nitrogens is 1. The van der Waals surface area contributed by atoms with Crippen molar-refractivity contribution in [3.63, 3.8) is 0 Å². The lowest BCUT2D eigenvalue weighted by Gasteiger charge is -2.50. The Kier molecular flexibility index (Phi) is 3.60. The van der Waals surface area contributed by atoms with E-state index in [2.05, 4.69) is 45.3 Å². The number of nitrogens with zero attached hydrogens (tertiary/aromatic N) is 1. The maximum Gasteiger partial charge on any atom is 0.113 e. The zero-order valence-electron chi connectivity index (χ0n) is 11.6. The third-order valence-corrected chi connectivity index (χ3v) is 4.92. The normalized spacial score (nSPS) is 28.8. The van der Waals surface area contributed by atoms with Gasteiger partial charge in [0.25, 0.3) is 0 Å². The Hall–Kier alpha value is -0.410. The topological polar surface area (TPSA) is 24.9 Å². The van der Waals surface area contributed by atoms with Crippen LogP contribution in [0.1, 0.15) is 51.2 Å². The second-order valence-electron chi connectivity index (χ2n) is 6.09. The van der Waals surface area contributed by atoms with E-state index in [4.69, 9.17) is 4.98 Å². The highest BCUT2D eigenvalue weighted by Crippen LogP contribution is 2.49. The van der Waals surface area contributed by atoms with Gasteiger partial charge in [0.1, 0.15) is 5.01 Å². The molecule has 1 aliphatic rings. The molecule has 0 amide bonds. The highest BCUT2D eigenvalue weighted by molar-refractivity contribution is 7.09. The summed E-state index contributed by atoms with van der Waals surface area (Å²) in [6, 6.07) is 0.521. The van der Waals surface area contributed by atoms with Crippen molar-refractivity contribution in [1.29, 1.82) is 0 Å². The van der Waals surface area contributed by atoms with Crippen molar-refractivity contribution in [2.75, 3.05) is 0 Å². The molecule has 0 radical (unpaired) electrons. The molecule has 0 unspecified atom stereocenters. The molecule has 96 valence electrons. The first kappa shape index (κ1) is 13.0. The lowest BCUT2D eigenvalue weighted by molar-refractivity contribution is 0.0598. The van der Waals surface area contributed by atoms with Crippen molar-refractivity contribution >= 4 is 11.3 Å². The van der Waals surface area contributed by atoms with Gasteiger partial charge in [-0.2, -0.15) is 0 Å². The van der Waals surface area contributed by atoms with Gasteiger partial charge < -0.3 is 5.32 Å². The molecule has 1 aromatic rings. The number of hydrogen-bond donors (Lipinski definition) is 1. The van der Waals surface area contributed by atoms with E-state index in [9.17, 15) is 0 Å². The smallest absolute Gasteiger partial charge is 0.113 e. The van der Waals surface area contributed by atoms with Crippen LogP contribution in [0.25, 0.3) is 0 Å². The Morgan fingerprint density at radius 3 is 2.41 bits per heavy atom. The summed E-state index contributed by atoms with van der Waals surface area (Å²) < 4.78 is 0. The third kappa shape index (κ3) is 2.55. The summed E-state index contributed by atoms with van der Waals surface area (Å²) >= 11 is 1.81. The number of rotatable bonds is 4. The predicted octanol–water partition coefficient (Wildman–Crippen LogP) is 3.71. The molecule has 3 heteroatoms. The minimum absolute atomic E-state index is 0.169. The van der Waals surface area contributed by atoms with Crippen LogP contribution in [0, 0.1) is 18.8 Å². The van der Waals surface area contributed by atoms with Gasteiger partial charge in [-0.1, -0.05) is 13.8 Å². The Morgan fingerprint density at radius 1 is 1.35 bits per heavy atom. The molecule has 2 rings (SSSR count). The van der Waals surface area contributed by atoms with Crippen LogP contribution in [-0.2, 0) is 5.54 Å². The fourth-order valence-corrected chi connectivity index (χ4v) is 3.77. The first-order valence-corrected chi connectivity index (χ1v) is 7.51. The third-order valence-electron chi connectivity index (χ3n) is 3.76. The number of aryl methyl sites for hydroxylation is 1. The van der Waals surface area contributed by atoms with Crippen LogP contribution in [0.15, 0.2) is 5.38 Å². The van der Waals surface area contributed by atoms with Crippen LogP contribution in [0.4, 0.5) is 0 Å². The average molecular weight is 252 g/mol. The van der Waals surface area contributed by atoms with E-state index in [-0.39, 0.29) is 5.54 Å². The highest BCUT2D eigenvalue weighted by atomic mass is 32.1. The van der Waals surface area contributed by atoms with E-state index < -0.39 is 0 Å². The van der Waals surface area contributed by atoms with E-state index in [0.29, 0.717) is 6.04 Å². The SMILES string of the molecule is Cc1csc(C2(NC(C)C)CC(C(C)C)C2)n1. The van der Waals surface area contributed by atoms with Crippen molar-refractivity contribution in [2.24, 2.45) is 11.8 Å². The molecule has 2 nitrogen and oxygen atoms in total. The zero-order chi connectivity index (χ0) is 12.6. The van der Waals surface area contributed by atoms with Crippen LogP contribution in [0.3, 0.4) is 0 Å². The summed E-state index contributed by atoms with van der Waals surface area (Å²) in [5.41, 5.74) is 1.32. The molecule has 1 saturated carbocycles. The highest BCUT2D eigenvalue weighted by Gasteiger charge is 2.48. The maximum atomic E-state index is 4.71. The lowest BCUT2D eigenvalue weighted by atomic mass is 9.64. The summed E-state index contributed by atoms with van der Waals surface area (Å²) in [5.74, 6) is 1.64. The van der Waals surface area contributed by atoms with E-state index in [0.717, 1.165) is 17.5 Å². The lowest BCUT2D eigenvalue weighted by Crippen LogP contribution is -2.55. The van der Waals surface area contributed by atoms with Crippen LogP contribution >= 0.6 is 11.3 Å². The summed E-state index contributed by atoms with van der Waals surface area (Å²) in [4.78, 5) is 4.71. The van der Waals surface area contributed by atoms with Crippen molar-refractivity contribution < 1.29 is 0 Å². The minimum Gasteiger partial charge on any atom is -0.303 e. The summed E-state index contributed by atoms with van der Waals surface area (Å²) in [6.45, 7) is 11.2. The zero-order valence-corrected chi connectivity index (χ0v) is 12.4. The molecule has 0 spiro atoms. The van der Waals surface area contributed by atoms with Crippen LogP contribution in [0.2, 0.25) is 0 Å². The summed E-state index contributed by atoms with van der Waals surface area (Å²) in [7, 11) is 0. The van der Waals surface area contributed by atoms with Crippen LogP contribution in [0.5, 0.6) is 0 Å². The molecular weight excluding hydrogens is 228 g/mol. The second-order valence-corrected chi connectivity index (χ2v) is 6.95. The first-order valence-electron chi connectivity index (χ1n) is 6.63. The number of nitrogens with one attached hydrogen (secondary N) is 1. The Balaban J connectivity index is 2.16. The number of hydrogen-bond acceptors (Lipinski definition) is 3. The summed E-state index contributed by atoms with van der Waals surface area (Å²) in [5, 5.41) is 7.22.